The van der Waals surface area contributed by atoms with Crippen molar-refractivity contribution in [2.45, 2.75) is 45.6 Å². The molecule has 2 fully saturated rings. The van der Waals surface area contributed by atoms with Crippen molar-refractivity contribution in [2.75, 3.05) is 44.2 Å². The molecule has 0 aromatic rings. The number of aliphatic imine (C=N–C) groups is 1. The molecule has 2 rings (SSSR count). The van der Waals surface area contributed by atoms with E-state index in [0.29, 0.717) is 11.9 Å². The number of carbonyl (C=O) groups is 1. The highest BCUT2D eigenvalue weighted by Gasteiger charge is 2.27. The Labute approximate surface area is 150 Å². The van der Waals surface area contributed by atoms with Crippen molar-refractivity contribution < 1.29 is 9.53 Å². The summed E-state index contributed by atoms with van der Waals surface area (Å²) in [5.74, 6) is 3.42. The van der Waals surface area contributed by atoms with Crippen molar-refractivity contribution in [3.05, 3.63) is 0 Å². The zero-order chi connectivity index (χ0) is 17.6. The second-order valence-corrected chi connectivity index (χ2v) is 8.79. The first kappa shape index (κ1) is 19.2. The lowest BCUT2D eigenvalue weighted by Gasteiger charge is -2.34. The molecule has 7 heteroatoms. The van der Waals surface area contributed by atoms with Gasteiger partial charge in [0.25, 0.3) is 0 Å². The highest BCUT2D eigenvalue weighted by Crippen LogP contribution is 2.21. The second-order valence-electron chi connectivity index (χ2n) is 7.56. The molecule has 0 aliphatic carbocycles. The highest BCUT2D eigenvalue weighted by molar-refractivity contribution is 7.99. The van der Waals surface area contributed by atoms with E-state index in [2.05, 4.69) is 9.89 Å². The number of carbonyl (C=O) groups excluding carboxylic acids is 1. The third-order valence-electron chi connectivity index (χ3n) is 4.32. The molecule has 1 unspecified atom stereocenters. The SMILES string of the molecule is CC(C)(C)OC(=O)N1CCCC(CCN=C(N)N2CCSCC2)C1. The van der Waals surface area contributed by atoms with Crippen molar-refractivity contribution >= 4 is 23.8 Å². The van der Waals surface area contributed by atoms with Crippen LogP contribution in [0.4, 0.5) is 4.79 Å². The maximum absolute atomic E-state index is 12.2. The summed E-state index contributed by atoms with van der Waals surface area (Å²) in [6.07, 6.45) is 2.96. The lowest BCUT2D eigenvalue weighted by atomic mass is 9.95. The molecule has 2 heterocycles. The molecule has 6 nitrogen and oxygen atoms in total. The molecule has 0 spiro atoms. The maximum atomic E-state index is 12.2. The Balaban J connectivity index is 1.75. The van der Waals surface area contributed by atoms with Crippen LogP contribution in [0.1, 0.15) is 40.0 Å². The van der Waals surface area contributed by atoms with E-state index in [4.69, 9.17) is 10.5 Å². The average Bonchev–Trinajstić information content (AvgIpc) is 2.54. The molecule has 2 aliphatic heterocycles. The van der Waals surface area contributed by atoms with E-state index in [1.807, 2.05) is 37.4 Å². The highest BCUT2D eigenvalue weighted by atomic mass is 32.2. The van der Waals surface area contributed by atoms with Gasteiger partial charge in [-0.3, -0.25) is 4.99 Å². The summed E-state index contributed by atoms with van der Waals surface area (Å²) < 4.78 is 5.48. The predicted octanol–water partition coefficient (Wildman–Crippen LogP) is 2.39. The first-order valence-electron chi connectivity index (χ1n) is 8.96. The largest absolute Gasteiger partial charge is 0.444 e. The molecule has 0 aromatic heterocycles. The van der Waals surface area contributed by atoms with Gasteiger partial charge in [0, 0.05) is 44.2 Å². The van der Waals surface area contributed by atoms with Gasteiger partial charge in [-0.25, -0.2) is 4.79 Å². The topological polar surface area (TPSA) is 71.2 Å². The van der Waals surface area contributed by atoms with Gasteiger partial charge in [0.15, 0.2) is 5.96 Å². The maximum Gasteiger partial charge on any atom is 0.410 e. The van der Waals surface area contributed by atoms with Gasteiger partial charge in [-0.2, -0.15) is 11.8 Å². The Morgan fingerprint density at radius 2 is 1.96 bits per heavy atom. The van der Waals surface area contributed by atoms with Gasteiger partial charge in [0.1, 0.15) is 5.60 Å². The van der Waals surface area contributed by atoms with Crippen LogP contribution in [-0.4, -0.2) is 71.7 Å². The Bertz CT molecular complexity index is 444. The minimum absolute atomic E-state index is 0.193. The lowest BCUT2D eigenvalue weighted by molar-refractivity contribution is 0.0163. The average molecular weight is 357 g/mol. The summed E-state index contributed by atoms with van der Waals surface area (Å²) in [6.45, 7) is 10.0. The molecule has 0 aromatic carbocycles. The summed E-state index contributed by atoms with van der Waals surface area (Å²) in [7, 11) is 0. The van der Waals surface area contributed by atoms with Gasteiger partial charge in [-0.15, -0.1) is 0 Å². The zero-order valence-electron chi connectivity index (χ0n) is 15.3. The van der Waals surface area contributed by atoms with Crippen LogP contribution in [0.2, 0.25) is 0 Å². The Morgan fingerprint density at radius 1 is 1.25 bits per heavy atom. The van der Waals surface area contributed by atoms with Gasteiger partial charge in [-0.05, 0) is 46.0 Å². The lowest BCUT2D eigenvalue weighted by Crippen LogP contribution is -2.43. The van der Waals surface area contributed by atoms with Gasteiger partial charge in [0.2, 0.25) is 0 Å². The molecule has 0 bridgehead atoms. The molecule has 2 N–H and O–H groups in total. The molecule has 0 saturated carbocycles. The van der Waals surface area contributed by atoms with Gasteiger partial charge in [0.05, 0.1) is 0 Å². The van der Waals surface area contributed by atoms with Crippen LogP contribution < -0.4 is 5.73 Å². The molecule has 1 amide bonds. The van der Waals surface area contributed by atoms with Crippen molar-refractivity contribution in [2.24, 2.45) is 16.6 Å². The van der Waals surface area contributed by atoms with E-state index >= 15 is 0 Å². The van der Waals surface area contributed by atoms with Crippen molar-refractivity contribution in [3.8, 4) is 0 Å². The molecule has 2 aliphatic rings. The summed E-state index contributed by atoms with van der Waals surface area (Å²) in [5.41, 5.74) is 5.66. The fourth-order valence-electron chi connectivity index (χ4n) is 3.05. The third kappa shape index (κ3) is 6.42. The van der Waals surface area contributed by atoms with Crippen LogP contribution >= 0.6 is 11.8 Å². The summed E-state index contributed by atoms with van der Waals surface area (Å²) in [6, 6.07) is 0. The number of guanidine groups is 1. The summed E-state index contributed by atoms with van der Waals surface area (Å²) in [4.78, 5) is 20.8. The number of hydrogen-bond donors (Lipinski definition) is 1. The van der Waals surface area contributed by atoms with E-state index in [1.165, 1.54) is 0 Å². The van der Waals surface area contributed by atoms with E-state index < -0.39 is 5.60 Å². The summed E-state index contributed by atoms with van der Waals surface area (Å²) >= 11 is 1.97. The standard InChI is InChI=1S/C17H32N4O2S/c1-17(2,3)23-16(22)21-8-4-5-14(13-21)6-7-19-15(18)20-9-11-24-12-10-20/h14H,4-13H2,1-3H3,(H2,18,19). The molecule has 24 heavy (non-hydrogen) atoms. The number of amides is 1. The third-order valence-corrected chi connectivity index (χ3v) is 5.26. The molecule has 1 atom stereocenters. The first-order valence-corrected chi connectivity index (χ1v) is 10.1. The number of piperidine rings is 1. The number of ether oxygens (including phenoxy) is 1. The number of rotatable bonds is 3. The Kier molecular flexibility index (Phi) is 7.07. The Morgan fingerprint density at radius 3 is 2.62 bits per heavy atom. The monoisotopic (exact) mass is 356 g/mol. The number of likely N-dealkylation sites (tertiary alicyclic amines) is 1. The fourth-order valence-corrected chi connectivity index (χ4v) is 3.95. The van der Waals surface area contributed by atoms with Crippen LogP contribution in [0.3, 0.4) is 0 Å². The van der Waals surface area contributed by atoms with Gasteiger partial charge >= 0.3 is 6.09 Å². The van der Waals surface area contributed by atoms with Crippen LogP contribution in [0.15, 0.2) is 4.99 Å². The van der Waals surface area contributed by atoms with E-state index in [9.17, 15) is 4.79 Å². The van der Waals surface area contributed by atoms with Crippen LogP contribution in [0, 0.1) is 5.92 Å². The summed E-state index contributed by atoms with van der Waals surface area (Å²) in [5, 5.41) is 0. The minimum atomic E-state index is -0.435. The van der Waals surface area contributed by atoms with E-state index in [-0.39, 0.29) is 6.09 Å². The smallest absolute Gasteiger partial charge is 0.410 e. The van der Waals surface area contributed by atoms with Crippen molar-refractivity contribution in [3.63, 3.8) is 0 Å². The zero-order valence-corrected chi connectivity index (χ0v) is 16.1. The molecule has 138 valence electrons. The fraction of sp³-hybridized carbons (Fsp3) is 0.882. The number of hydrogen-bond acceptors (Lipinski definition) is 4. The normalized spacial score (nSPS) is 23.3. The quantitative estimate of drug-likeness (QED) is 0.621. The van der Waals surface area contributed by atoms with Crippen molar-refractivity contribution in [1.29, 1.82) is 0 Å². The number of nitrogens with two attached hydrogens (primary N) is 1. The molecular formula is C17H32N4O2S. The number of thioether (sulfide) groups is 1. The van der Waals surface area contributed by atoms with Crippen LogP contribution in [0.25, 0.3) is 0 Å². The van der Waals surface area contributed by atoms with Crippen molar-refractivity contribution in [1.82, 2.24) is 9.80 Å². The van der Waals surface area contributed by atoms with E-state index in [0.717, 1.165) is 63.5 Å². The predicted molar refractivity (Wildman–Crippen MR) is 101 cm³/mol. The molecular weight excluding hydrogens is 324 g/mol. The second kappa shape index (κ2) is 8.83. The molecule has 2 saturated heterocycles. The van der Waals surface area contributed by atoms with Crippen LogP contribution in [-0.2, 0) is 4.74 Å². The number of nitrogens with zero attached hydrogens (tertiary/aromatic N) is 3. The molecule has 0 radical (unpaired) electrons. The minimum Gasteiger partial charge on any atom is -0.444 e. The van der Waals surface area contributed by atoms with Gasteiger partial charge < -0.3 is 20.3 Å². The first-order chi connectivity index (χ1) is 11.3. The van der Waals surface area contributed by atoms with Gasteiger partial charge in [-0.1, -0.05) is 0 Å². The van der Waals surface area contributed by atoms with Crippen LogP contribution in [0.5, 0.6) is 0 Å². The van der Waals surface area contributed by atoms with E-state index in [1.54, 1.807) is 0 Å². The Hall–Kier alpha value is -1.11.